The second-order valence-corrected chi connectivity index (χ2v) is 16.1. The number of aromatic nitrogens is 2. The molecule has 0 aliphatic carbocycles. The number of hydrazine groups is 1. The number of carbonyl (C=O) groups excluding carboxylic acids is 4. The van der Waals surface area contributed by atoms with Crippen LogP contribution < -0.4 is 21.1 Å². The van der Waals surface area contributed by atoms with Gasteiger partial charge in [-0.05, 0) is 67.1 Å². The monoisotopic (exact) mass is 901 g/mol. The Hall–Kier alpha value is -5.21. The molecule has 0 spiro atoms. The minimum absolute atomic E-state index is 0.0354. The number of anilines is 1. The maximum Gasteiger partial charge on any atom is 0.296 e. The summed E-state index contributed by atoms with van der Waals surface area (Å²) in [7, 11) is -7.47. The Labute approximate surface area is 341 Å². The van der Waals surface area contributed by atoms with Crippen LogP contribution in [0.2, 0.25) is 0 Å². The van der Waals surface area contributed by atoms with Crippen molar-refractivity contribution < 1.29 is 79.5 Å². The van der Waals surface area contributed by atoms with Crippen LogP contribution in [0.15, 0.2) is 85.5 Å². The third-order valence-electron chi connectivity index (χ3n) is 8.31. The van der Waals surface area contributed by atoms with Crippen molar-refractivity contribution >= 4 is 79.7 Å². The molecule has 8 N–H and O–H groups in total. The Morgan fingerprint density at radius 1 is 0.932 bits per heavy atom. The maximum absolute atomic E-state index is 14.0. The van der Waals surface area contributed by atoms with E-state index >= 15 is 0 Å². The number of nitrogens with one attached hydrogen (secondary N) is 3. The number of likely N-dealkylation sites (tertiary alicyclic amines) is 1. The number of nitrogens with zero attached hydrogens (tertiary/aromatic N) is 4. The van der Waals surface area contributed by atoms with Crippen molar-refractivity contribution in [3.05, 3.63) is 77.2 Å². The van der Waals surface area contributed by atoms with Crippen LogP contribution in [0.5, 0.6) is 5.88 Å². The molecule has 24 nitrogen and oxygen atoms in total. The molecule has 1 aromatic heterocycles. The molecule has 1 unspecified atom stereocenters. The first kappa shape index (κ1) is 44.9. The molecular formula is C31H31N7O17S4. The summed E-state index contributed by atoms with van der Waals surface area (Å²) in [5.41, 5.74) is 0.566. The van der Waals surface area contributed by atoms with Gasteiger partial charge in [-0.3, -0.25) is 28.3 Å². The van der Waals surface area contributed by atoms with Crippen LogP contribution in [0.25, 0.3) is 11.8 Å². The Balaban J connectivity index is 1.65. The van der Waals surface area contributed by atoms with E-state index in [1.54, 1.807) is 0 Å². The number of likely N-dealkylation sites (N-methyl/N-ethyl adjacent to an activating group) is 1. The lowest BCUT2D eigenvalue weighted by Crippen LogP contribution is -2.45. The minimum Gasteiger partial charge on any atom is -0.493 e. The van der Waals surface area contributed by atoms with Crippen LogP contribution in [0.1, 0.15) is 28.9 Å². The van der Waals surface area contributed by atoms with Gasteiger partial charge in [0.1, 0.15) is 15.8 Å². The van der Waals surface area contributed by atoms with Gasteiger partial charge in [-0.1, -0.05) is 10.1 Å². The molecule has 2 aliphatic heterocycles. The first-order chi connectivity index (χ1) is 27.9. The number of hydrogen-bond donors (Lipinski definition) is 8. The van der Waals surface area contributed by atoms with Crippen LogP contribution in [-0.4, -0.2) is 107 Å². The van der Waals surface area contributed by atoms with Gasteiger partial charge in [0.05, 0.1) is 41.0 Å². The van der Waals surface area contributed by atoms with Gasteiger partial charge in [-0.15, -0.1) is 8.67 Å². The van der Waals surface area contributed by atoms with E-state index in [-0.39, 0.29) is 45.5 Å². The largest absolute Gasteiger partial charge is 0.493 e. The molecule has 3 heterocycles. The lowest BCUT2D eigenvalue weighted by molar-refractivity contribution is -0.432. The Morgan fingerprint density at radius 2 is 1.53 bits per heavy atom. The predicted molar refractivity (Wildman–Crippen MR) is 201 cm³/mol. The van der Waals surface area contributed by atoms with Gasteiger partial charge in [0.25, 0.3) is 32.1 Å². The molecule has 0 saturated carbocycles. The molecule has 4 amide bonds. The summed E-state index contributed by atoms with van der Waals surface area (Å²) in [4.78, 5) is 53.0. The molecule has 0 bridgehead atoms. The standard InChI is InChI=1S/C31H31N7O17S4/c1-32-28(40)26-19(30(42)37(34-26)21-14-17(56-54-52-44)7-11-23(21)58(46,47)48)9-5-16(36-13-3-4-25(36)39)6-10-20-27(29(41)33-2)35-38(31(20)43)22-15-18(57-55-53-45)8-12-24(22)59(49,50)51/h5-12,14-15,26,34,43-45H,3-4,13H2,1-2H3,(H,32,40)(H,33,41)(H,46,47,48)(H,49,50,51)/b10-6+,16-5+,19-9-. The number of hydrogen-bond acceptors (Lipinski definition) is 19. The summed E-state index contributed by atoms with van der Waals surface area (Å²) in [6.07, 6.45) is 5.30. The summed E-state index contributed by atoms with van der Waals surface area (Å²) >= 11 is 0.800. The van der Waals surface area contributed by atoms with Crippen molar-refractivity contribution in [3.63, 3.8) is 0 Å². The smallest absolute Gasteiger partial charge is 0.296 e. The van der Waals surface area contributed by atoms with E-state index in [1.165, 1.54) is 31.1 Å². The summed E-state index contributed by atoms with van der Waals surface area (Å²) in [6, 6.07) is 4.79. The fourth-order valence-electron chi connectivity index (χ4n) is 5.71. The molecular weight excluding hydrogens is 871 g/mol. The normalized spacial score (nSPS) is 17.2. The van der Waals surface area contributed by atoms with Gasteiger partial charge in [-0.2, -0.15) is 26.6 Å². The zero-order valence-electron chi connectivity index (χ0n) is 30.0. The van der Waals surface area contributed by atoms with E-state index in [4.69, 9.17) is 10.5 Å². The molecule has 59 heavy (non-hydrogen) atoms. The highest BCUT2D eigenvalue weighted by Gasteiger charge is 2.41. The van der Waals surface area contributed by atoms with Gasteiger partial charge >= 0.3 is 0 Å². The summed E-state index contributed by atoms with van der Waals surface area (Å²) in [5.74, 6) is -3.87. The van der Waals surface area contributed by atoms with Crippen LogP contribution in [-0.2, 0) is 53.4 Å². The highest BCUT2D eigenvalue weighted by molar-refractivity contribution is 7.94. The van der Waals surface area contributed by atoms with Gasteiger partial charge in [0.15, 0.2) is 5.69 Å². The first-order valence-corrected chi connectivity index (χ1v) is 20.6. The van der Waals surface area contributed by atoms with Crippen molar-refractivity contribution in [2.75, 3.05) is 25.6 Å². The third-order valence-corrected chi connectivity index (χ3v) is 11.3. The van der Waals surface area contributed by atoms with E-state index < -0.39 is 76.7 Å². The van der Waals surface area contributed by atoms with Crippen molar-refractivity contribution in [3.8, 4) is 11.6 Å². The van der Waals surface area contributed by atoms with Crippen LogP contribution >= 0.6 is 24.1 Å². The van der Waals surface area contributed by atoms with Gasteiger partial charge in [0, 0.05) is 48.1 Å². The van der Waals surface area contributed by atoms with Crippen LogP contribution in [0.4, 0.5) is 5.69 Å². The lowest BCUT2D eigenvalue weighted by atomic mass is 10.1. The second kappa shape index (κ2) is 18.8. The fraction of sp³-hybridized carbons (Fsp3) is 0.194. The average Bonchev–Trinajstić information content (AvgIpc) is 3.88. The predicted octanol–water partition coefficient (Wildman–Crippen LogP) is 1.40. The van der Waals surface area contributed by atoms with Crippen molar-refractivity contribution in [2.24, 2.45) is 0 Å². The zero-order chi connectivity index (χ0) is 43.2. The number of amides is 4. The number of carbonyl (C=O) groups is 4. The third kappa shape index (κ3) is 9.98. The molecule has 28 heteroatoms. The van der Waals surface area contributed by atoms with E-state index in [1.807, 2.05) is 0 Å². The fourth-order valence-corrected chi connectivity index (χ4v) is 7.80. The summed E-state index contributed by atoms with van der Waals surface area (Å²) in [5, 5.41) is 45.1. The number of rotatable bonds is 16. The number of allylic oxidation sites excluding steroid dienone is 3. The molecule has 316 valence electrons. The molecule has 5 rings (SSSR count). The van der Waals surface area contributed by atoms with Crippen molar-refractivity contribution in [1.82, 2.24) is 30.7 Å². The molecule has 0 radical (unpaired) electrons. The maximum atomic E-state index is 14.0. The molecule has 3 aromatic rings. The van der Waals surface area contributed by atoms with Crippen molar-refractivity contribution in [1.29, 1.82) is 0 Å². The zero-order valence-corrected chi connectivity index (χ0v) is 33.3. The first-order valence-electron chi connectivity index (χ1n) is 16.2. The summed E-state index contributed by atoms with van der Waals surface area (Å²) in [6.45, 7) is 0.159. The average molecular weight is 902 g/mol. The molecule has 1 atom stereocenters. The van der Waals surface area contributed by atoms with E-state index in [9.17, 15) is 50.2 Å². The van der Waals surface area contributed by atoms with Crippen LogP contribution in [0.3, 0.4) is 0 Å². The quantitative estimate of drug-likeness (QED) is 0.0251. The van der Waals surface area contributed by atoms with Gasteiger partial charge in [0.2, 0.25) is 17.7 Å². The molecule has 2 fully saturated rings. The topological polar surface area (TPSA) is 335 Å². The SMILES string of the molecule is CNC(=O)c1nn(-c2cc(SOOO)ccc2S(=O)(=O)O)c(O)c1/C=C/C(=C\C=C1/C(=O)N(c2cc(SOOO)ccc2S(=O)(=O)O)NC1C(=O)NC)N1CCCC1=O. The summed E-state index contributed by atoms with van der Waals surface area (Å²) < 4.78 is 78.5. The Kier molecular flexibility index (Phi) is 14.3. The molecule has 2 saturated heterocycles. The van der Waals surface area contributed by atoms with E-state index in [2.05, 4.69) is 39.9 Å². The van der Waals surface area contributed by atoms with Crippen LogP contribution in [0, 0.1) is 0 Å². The lowest BCUT2D eigenvalue weighted by Gasteiger charge is -2.20. The molecule has 2 aromatic carbocycles. The van der Waals surface area contributed by atoms with E-state index in [0.29, 0.717) is 40.2 Å². The Morgan fingerprint density at radius 3 is 2.05 bits per heavy atom. The second-order valence-electron chi connectivity index (χ2n) is 11.8. The number of aromatic hydroxyl groups is 1. The van der Waals surface area contributed by atoms with Gasteiger partial charge < -0.3 is 20.6 Å². The highest BCUT2D eigenvalue weighted by atomic mass is 32.2. The van der Waals surface area contributed by atoms with E-state index in [0.717, 1.165) is 48.6 Å². The van der Waals surface area contributed by atoms with Crippen molar-refractivity contribution in [2.45, 2.75) is 38.5 Å². The Bertz CT molecular complexity index is 2490. The number of benzene rings is 2. The highest BCUT2D eigenvalue weighted by Crippen LogP contribution is 2.36. The molecule has 2 aliphatic rings. The minimum atomic E-state index is -4.99. The van der Waals surface area contributed by atoms with Gasteiger partial charge in [-0.25, -0.2) is 20.9 Å².